The number of hydrogen-bond donors (Lipinski definition) is 1. The van der Waals surface area contributed by atoms with Crippen LogP contribution in [0.15, 0.2) is 40.9 Å². The zero-order valence-corrected chi connectivity index (χ0v) is 12.0. The van der Waals surface area contributed by atoms with Crippen LogP contribution in [-0.2, 0) is 6.42 Å². The molecule has 2 N–H and O–H groups in total. The fourth-order valence-corrected chi connectivity index (χ4v) is 2.34. The summed E-state index contributed by atoms with van der Waals surface area (Å²) < 4.78 is 27.7. The van der Waals surface area contributed by atoms with Crippen molar-refractivity contribution in [3.8, 4) is 0 Å². The molecule has 0 heterocycles. The van der Waals surface area contributed by atoms with Gasteiger partial charge in [0.05, 0.1) is 0 Å². The molecule has 1 unspecified atom stereocenters. The minimum Gasteiger partial charge on any atom is -0.324 e. The van der Waals surface area contributed by atoms with Crippen molar-refractivity contribution in [3.63, 3.8) is 0 Å². The van der Waals surface area contributed by atoms with Crippen molar-refractivity contribution >= 4 is 15.9 Å². The first kappa shape index (κ1) is 14.2. The van der Waals surface area contributed by atoms with E-state index < -0.39 is 6.04 Å². The van der Waals surface area contributed by atoms with Gasteiger partial charge in [0.2, 0.25) is 0 Å². The van der Waals surface area contributed by atoms with Crippen molar-refractivity contribution in [2.24, 2.45) is 5.73 Å². The van der Waals surface area contributed by atoms with Crippen molar-refractivity contribution in [1.29, 1.82) is 0 Å². The predicted molar refractivity (Wildman–Crippen MR) is 75.9 cm³/mol. The molecule has 0 bridgehead atoms. The van der Waals surface area contributed by atoms with Crippen LogP contribution < -0.4 is 5.73 Å². The minimum absolute atomic E-state index is 0.302. The monoisotopic (exact) mass is 325 g/mol. The van der Waals surface area contributed by atoms with Gasteiger partial charge in [-0.2, -0.15) is 0 Å². The first-order valence-electron chi connectivity index (χ1n) is 5.93. The normalized spacial score (nSPS) is 12.5. The summed E-state index contributed by atoms with van der Waals surface area (Å²) in [5.74, 6) is -0.653. The van der Waals surface area contributed by atoms with Gasteiger partial charge in [-0.1, -0.05) is 28.1 Å². The first-order chi connectivity index (χ1) is 8.97. The molecule has 100 valence electrons. The van der Waals surface area contributed by atoms with Crippen LogP contribution in [-0.4, -0.2) is 0 Å². The van der Waals surface area contributed by atoms with Gasteiger partial charge >= 0.3 is 0 Å². The van der Waals surface area contributed by atoms with Gasteiger partial charge in [-0.25, -0.2) is 8.78 Å². The Balaban J connectivity index is 2.25. The molecule has 19 heavy (non-hydrogen) atoms. The van der Waals surface area contributed by atoms with Gasteiger partial charge < -0.3 is 5.73 Å². The average molecular weight is 326 g/mol. The van der Waals surface area contributed by atoms with Crippen molar-refractivity contribution < 1.29 is 8.78 Å². The van der Waals surface area contributed by atoms with E-state index in [0.717, 1.165) is 11.1 Å². The SMILES string of the molecule is Cc1ccc(F)cc1CC(N)c1ccc(Br)cc1F. The van der Waals surface area contributed by atoms with E-state index in [1.165, 1.54) is 18.2 Å². The summed E-state index contributed by atoms with van der Waals surface area (Å²) in [4.78, 5) is 0. The Hall–Kier alpha value is -1.26. The van der Waals surface area contributed by atoms with Gasteiger partial charge in [0, 0.05) is 16.1 Å². The molecule has 0 amide bonds. The van der Waals surface area contributed by atoms with Crippen LogP contribution in [0.3, 0.4) is 0 Å². The number of aryl methyl sites for hydroxylation is 1. The number of rotatable bonds is 3. The lowest BCUT2D eigenvalue weighted by molar-refractivity contribution is 0.577. The highest BCUT2D eigenvalue weighted by atomic mass is 79.9. The molecule has 2 aromatic rings. The van der Waals surface area contributed by atoms with Crippen LogP contribution in [0.25, 0.3) is 0 Å². The number of hydrogen-bond acceptors (Lipinski definition) is 1. The molecular formula is C15H14BrF2N. The molecule has 0 radical (unpaired) electrons. The fourth-order valence-electron chi connectivity index (χ4n) is 2.01. The molecule has 2 aromatic carbocycles. The summed E-state index contributed by atoms with van der Waals surface area (Å²) in [6.07, 6.45) is 0.405. The zero-order valence-electron chi connectivity index (χ0n) is 10.5. The third-order valence-corrected chi connectivity index (χ3v) is 3.61. The second-order valence-corrected chi connectivity index (χ2v) is 5.46. The van der Waals surface area contributed by atoms with E-state index in [1.807, 2.05) is 6.92 Å². The average Bonchev–Trinajstić information content (AvgIpc) is 2.33. The Morgan fingerprint density at radius 1 is 1.16 bits per heavy atom. The highest BCUT2D eigenvalue weighted by Crippen LogP contribution is 2.23. The molecule has 0 aliphatic carbocycles. The molecule has 0 aromatic heterocycles. The smallest absolute Gasteiger partial charge is 0.129 e. The van der Waals surface area contributed by atoms with Crippen molar-refractivity contribution in [1.82, 2.24) is 0 Å². The van der Waals surface area contributed by atoms with Gasteiger partial charge in [0.1, 0.15) is 11.6 Å². The van der Waals surface area contributed by atoms with E-state index in [9.17, 15) is 8.78 Å². The zero-order chi connectivity index (χ0) is 14.0. The second-order valence-electron chi connectivity index (χ2n) is 4.55. The van der Waals surface area contributed by atoms with Crippen LogP contribution in [0, 0.1) is 18.6 Å². The summed E-state index contributed by atoms with van der Waals surface area (Å²) in [6, 6.07) is 8.85. The van der Waals surface area contributed by atoms with E-state index in [1.54, 1.807) is 18.2 Å². The summed E-state index contributed by atoms with van der Waals surface area (Å²) in [7, 11) is 0. The van der Waals surface area contributed by atoms with Gasteiger partial charge in [0.25, 0.3) is 0 Å². The highest BCUT2D eigenvalue weighted by Gasteiger charge is 2.14. The lowest BCUT2D eigenvalue weighted by Gasteiger charge is -2.15. The van der Waals surface area contributed by atoms with Crippen molar-refractivity contribution in [3.05, 3.63) is 69.2 Å². The third-order valence-electron chi connectivity index (χ3n) is 3.11. The van der Waals surface area contributed by atoms with E-state index in [4.69, 9.17) is 5.73 Å². The van der Waals surface area contributed by atoms with Gasteiger partial charge in [0.15, 0.2) is 0 Å². The highest BCUT2D eigenvalue weighted by molar-refractivity contribution is 9.10. The Kier molecular flexibility index (Phi) is 4.32. The summed E-state index contributed by atoms with van der Waals surface area (Å²) >= 11 is 3.20. The molecular weight excluding hydrogens is 312 g/mol. The van der Waals surface area contributed by atoms with E-state index in [2.05, 4.69) is 15.9 Å². The maximum Gasteiger partial charge on any atom is 0.129 e. The van der Waals surface area contributed by atoms with Crippen LogP contribution in [0.4, 0.5) is 8.78 Å². The van der Waals surface area contributed by atoms with E-state index >= 15 is 0 Å². The molecule has 0 aliphatic heterocycles. The molecule has 0 spiro atoms. The maximum absolute atomic E-state index is 13.8. The first-order valence-corrected chi connectivity index (χ1v) is 6.72. The number of benzene rings is 2. The standard InChI is InChI=1S/C15H14BrF2N/c1-9-2-4-12(17)6-10(9)7-15(19)13-5-3-11(16)8-14(13)18/h2-6,8,15H,7,19H2,1H3. The van der Waals surface area contributed by atoms with E-state index in [0.29, 0.717) is 16.5 Å². The lowest BCUT2D eigenvalue weighted by atomic mass is 9.96. The van der Waals surface area contributed by atoms with Crippen LogP contribution in [0.2, 0.25) is 0 Å². The molecule has 1 nitrogen and oxygen atoms in total. The van der Waals surface area contributed by atoms with Crippen molar-refractivity contribution in [2.45, 2.75) is 19.4 Å². The van der Waals surface area contributed by atoms with Crippen molar-refractivity contribution in [2.75, 3.05) is 0 Å². The summed E-state index contributed by atoms with van der Waals surface area (Å²) in [5, 5.41) is 0. The molecule has 2 rings (SSSR count). The maximum atomic E-state index is 13.8. The summed E-state index contributed by atoms with van der Waals surface area (Å²) in [5.41, 5.74) is 8.21. The molecule has 4 heteroatoms. The molecule has 1 atom stereocenters. The topological polar surface area (TPSA) is 26.0 Å². The Morgan fingerprint density at radius 3 is 2.58 bits per heavy atom. The van der Waals surface area contributed by atoms with Crippen LogP contribution in [0.5, 0.6) is 0 Å². The van der Waals surface area contributed by atoms with Crippen LogP contribution >= 0.6 is 15.9 Å². The fraction of sp³-hybridized carbons (Fsp3) is 0.200. The Morgan fingerprint density at radius 2 is 1.89 bits per heavy atom. The van der Waals surface area contributed by atoms with Crippen LogP contribution in [0.1, 0.15) is 22.7 Å². The number of halogens is 3. The molecule has 0 saturated carbocycles. The molecule has 0 aliphatic rings. The van der Waals surface area contributed by atoms with Gasteiger partial charge in [-0.3, -0.25) is 0 Å². The number of nitrogens with two attached hydrogens (primary N) is 1. The summed E-state index contributed by atoms with van der Waals surface area (Å²) in [6.45, 7) is 1.89. The largest absolute Gasteiger partial charge is 0.324 e. The Bertz CT molecular complexity index is 599. The predicted octanol–water partition coefficient (Wildman–Crippen LogP) is 4.28. The minimum atomic E-state index is -0.492. The molecule has 0 saturated heterocycles. The second kappa shape index (κ2) is 5.80. The quantitative estimate of drug-likeness (QED) is 0.895. The van der Waals surface area contributed by atoms with E-state index in [-0.39, 0.29) is 11.6 Å². The lowest BCUT2D eigenvalue weighted by Crippen LogP contribution is -2.15. The Labute approximate surface area is 119 Å². The molecule has 0 fully saturated rings. The third kappa shape index (κ3) is 3.39. The van der Waals surface area contributed by atoms with Gasteiger partial charge in [-0.05, 0) is 48.7 Å². The van der Waals surface area contributed by atoms with Gasteiger partial charge in [-0.15, -0.1) is 0 Å².